The van der Waals surface area contributed by atoms with Gasteiger partial charge in [0.15, 0.2) is 5.90 Å². The minimum Gasteiger partial charge on any atom is -0.497 e. The number of ether oxygens (including phenoxy) is 3. The molecule has 0 spiro atoms. The predicted octanol–water partition coefficient (Wildman–Crippen LogP) is 2.18. The molecule has 0 amide bonds. The first kappa shape index (κ1) is 10.8. The molecule has 0 radical (unpaired) electrons. The monoisotopic (exact) mass is 221 g/mol. The van der Waals surface area contributed by atoms with E-state index in [9.17, 15) is 0 Å². The van der Waals surface area contributed by atoms with Crippen molar-refractivity contribution >= 4 is 5.90 Å². The summed E-state index contributed by atoms with van der Waals surface area (Å²) in [7, 11) is 3.15. The Morgan fingerprint density at radius 3 is 3.00 bits per heavy atom. The predicted molar refractivity (Wildman–Crippen MR) is 60.6 cm³/mol. The van der Waals surface area contributed by atoms with Crippen molar-refractivity contribution < 1.29 is 14.2 Å². The molecule has 1 aromatic rings. The highest BCUT2D eigenvalue weighted by Crippen LogP contribution is 2.38. The maximum absolute atomic E-state index is 7.52. The quantitative estimate of drug-likeness (QED) is 0.628. The fraction of sp³-hybridized carbons (Fsp3) is 0.417. The molecular weight excluding hydrogens is 206 g/mol. The average Bonchev–Trinajstić information content (AvgIpc) is 2.71. The van der Waals surface area contributed by atoms with Gasteiger partial charge in [0.05, 0.1) is 20.8 Å². The van der Waals surface area contributed by atoms with Crippen molar-refractivity contribution in [3.63, 3.8) is 0 Å². The second-order valence-corrected chi connectivity index (χ2v) is 3.74. The van der Waals surface area contributed by atoms with Gasteiger partial charge in [0.25, 0.3) is 0 Å². The van der Waals surface area contributed by atoms with E-state index in [2.05, 4.69) is 0 Å². The topological polar surface area (TPSA) is 51.5 Å². The molecule has 1 aliphatic rings. The first-order valence-corrected chi connectivity index (χ1v) is 5.16. The van der Waals surface area contributed by atoms with Gasteiger partial charge in [-0.15, -0.1) is 0 Å². The second-order valence-electron chi connectivity index (χ2n) is 3.74. The molecule has 16 heavy (non-hydrogen) atoms. The van der Waals surface area contributed by atoms with E-state index in [4.69, 9.17) is 19.6 Å². The Labute approximate surface area is 94.6 Å². The van der Waals surface area contributed by atoms with Gasteiger partial charge in [-0.1, -0.05) is 6.07 Å². The van der Waals surface area contributed by atoms with Gasteiger partial charge < -0.3 is 14.2 Å². The Hall–Kier alpha value is -1.71. The van der Waals surface area contributed by atoms with Crippen LogP contribution in [0.2, 0.25) is 0 Å². The molecule has 0 bridgehead atoms. The van der Waals surface area contributed by atoms with Crippen molar-refractivity contribution in [2.24, 2.45) is 0 Å². The van der Waals surface area contributed by atoms with Crippen LogP contribution in [0.1, 0.15) is 17.9 Å². The number of hydrogen-bond donors (Lipinski definition) is 1. The summed E-state index contributed by atoms with van der Waals surface area (Å²) in [6, 6.07) is 5.79. The average molecular weight is 221 g/mol. The van der Waals surface area contributed by atoms with Gasteiger partial charge in [0.1, 0.15) is 11.5 Å². The standard InChI is InChI=1S/C12H15NO3/c1-14-9-3-4-10-8(5-12(13)15-2)7-16-11(10)6-9/h3-4,6,8,13H,5,7H2,1-2H3. The van der Waals surface area contributed by atoms with E-state index in [0.717, 1.165) is 17.1 Å². The molecule has 4 heteroatoms. The van der Waals surface area contributed by atoms with E-state index in [1.54, 1.807) is 7.11 Å². The third-order valence-corrected chi connectivity index (χ3v) is 2.78. The van der Waals surface area contributed by atoms with E-state index in [0.29, 0.717) is 13.0 Å². The third kappa shape index (κ3) is 1.96. The lowest BCUT2D eigenvalue weighted by molar-refractivity contribution is 0.320. The fourth-order valence-corrected chi connectivity index (χ4v) is 1.86. The summed E-state index contributed by atoms with van der Waals surface area (Å²) in [5.74, 6) is 2.15. The minimum atomic E-state index is 0.216. The molecule has 1 aliphatic heterocycles. The summed E-state index contributed by atoms with van der Waals surface area (Å²) in [5.41, 5.74) is 1.13. The van der Waals surface area contributed by atoms with Crippen molar-refractivity contribution in [2.45, 2.75) is 12.3 Å². The molecule has 0 saturated heterocycles. The van der Waals surface area contributed by atoms with Crippen LogP contribution in [-0.2, 0) is 4.74 Å². The molecule has 0 aliphatic carbocycles. The van der Waals surface area contributed by atoms with Gasteiger partial charge >= 0.3 is 0 Å². The first-order valence-electron chi connectivity index (χ1n) is 5.16. The zero-order valence-corrected chi connectivity index (χ0v) is 9.45. The summed E-state index contributed by atoms with van der Waals surface area (Å²) in [6.45, 7) is 0.605. The lowest BCUT2D eigenvalue weighted by Gasteiger charge is -2.08. The van der Waals surface area contributed by atoms with Crippen LogP contribution in [0.25, 0.3) is 0 Å². The Morgan fingerprint density at radius 2 is 2.31 bits per heavy atom. The van der Waals surface area contributed by atoms with E-state index < -0.39 is 0 Å². The van der Waals surface area contributed by atoms with E-state index in [1.165, 1.54) is 7.11 Å². The molecule has 0 aromatic heterocycles. The highest BCUT2D eigenvalue weighted by Gasteiger charge is 2.25. The second kappa shape index (κ2) is 4.43. The zero-order valence-electron chi connectivity index (χ0n) is 9.45. The molecule has 4 nitrogen and oxygen atoms in total. The number of rotatable bonds is 3. The normalized spacial score (nSPS) is 17.5. The molecule has 1 heterocycles. The van der Waals surface area contributed by atoms with Crippen LogP contribution in [0.15, 0.2) is 18.2 Å². The molecule has 86 valence electrons. The molecular formula is C12H15NO3. The summed E-state index contributed by atoms with van der Waals surface area (Å²) in [4.78, 5) is 0. The highest BCUT2D eigenvalue weighted by molar-refractivity contribution is 5.74. The number of fused-ring (bicyclic) bond motifs is 1. The van der Waals surface area contributed by atoms with Crippen LogP contribution in [0.4, 0.5) is 0 Å². The van der Waals surface area contributed by atoms with Crippen molar-refractivity contribution in [3.05, 3.63) is 23.8 Å². The third-order valence-electron chi connectivity index (χ3n) is 2.78. The van der Waals surface area contributed by atoms with Crippen molar-refractivity contribution in [1.82, 2.24) is 0 Å². The molecule has 1 atom stereocenters. The Bertz CT molecular complexity index is 403. The molecule has 0 fully saturated rings. The lowest BCUT2D eigenvalue weighted by atomic mass is 9.98. The van der Waals surface area contributed by atoms with Crippen molar-refractivity contribution in [3.8, 4) is 11.5 Å². The van der Waals surface area contributed by atoms with Gasteiger partial charge in [-0.2, -0.15) is 0 Å². The van der Waals surface area contributed by atoms with Crippen LogP contribution in [0, 0.1) is 5.41 Å². The maximum atomic E-state index is 7.52. The molecule has 1 unspecified atom stereocenters. The molecule has 0 saturated carbocycles. The summed E-state index contributed by atoms with van der Waals surface area (Å²) in [6.07, 6.45) is 0.579. The largest absolute Gasteiger partial charge is 0.497 e. The van der Waals surface area contributed by atoms with E-state index in [1.807, 2.05) is 18.2 Å². The highest BCUT2D eigenvalue weighted by atomic mass is 16.5. The van der Waals surface area contributed by atoms with Gasteiger partial charge in [0, 0.05) is 24.0 Å². The van der Waals surface area contributed by atoms with E-state index >= 15 is 0 Å². The Balaban J connectivity index is 2.17. The van der Waals surface area contributed by atoms with Gasteiger partial charge in [-0.25, -0.2) is 0 Å². The van der Waals surface area contributed by atoms with Crippen LogP contribution < -0.4 is 9.47 Å². The Kier molecular flexibility index (Phi) is 2.99. The minimum absolute atomic E-state index is 0.216. The van der Waals surface area contributed by atoms with Gasteiger partial charge in [-0.3, -0.25) is 5.41 Å². The molecule has 2 rings (SSSR count). The van der Waals surface area contributed by atoms with Gasteiger partial charge in [0.2, 0.25) is 0 Å². The van der Waals surface area contributed by atoms with Gasteiger partial charge in [-0.05, 0) is 6.07 Å². The Morgan fingerprint density at radius 1 is 1.50 bits per heavy atom. The van der Waals surface area contributed by atoms with E-state index in [-0.39, 0.29) is 11.8 Å². The SMILES string of the molecule is COC(=N)CC1COc2cc(OC)ccc21. The molecule has 1 aromatic carbocycles. The zero-order chi connectivity index (χ0) is 11.5. The van der Waals surface area contributed by atoms with Crippen LogP contribution in [0.3, 0.4) is 0 Å². The maximum Gasteiger partial charge on any atom is 0.180 e. The van der Waals surface area contributed by atoms with Crippen molar-refractivity contribution in [1.29, 1.82) is 5.41 Å². The van der Waals surface area contributed by atoms with Crippen LogP contribution >= 0.6 is 0 Å². The smallest absolute Gasteiger partial charge is 0.180 e. The lowest BCUT2D eigenvalue weighted by Crippen LogP contribution is -2.08. The number of methoxy groups -OCH3 is 2. The number of nitrogens with one attached hydrogen (secondary N) is 1. The summed E-state index contributed by atoms with van der Waals surface area (Å²) >= 11 is 0. The number of benzene rings is 1. The summed E-state index contributed by atoms with van der Waals surface area (Å²) < 4.78 is 15.6. The van der Waals surface area contributed by atoms with Crippen LogP contribution in [-0.4, -0.2) is 26.7 Å². The number of hydrogen-bond acceptors (Lipinski definition) is 4. The summed E-state index contributed by atoms with van der Waals surface area (Å²) in [5, 5.41) is 7.52. The first-order chi connectivity index (χ1) is 7.74. The van der Waals surface area contributed by atoms with Crippen molar-refractivity contribution in [2.75, 3.05) is 20.8 Å². The fourth-order valence-electron chi connectivity index (χ4n) is 1.86. The molecule has 1 N–H and O–H groups in total. The van der Waals surface area contributed by atoms with Crippen LogP contribution in [0.5, 0.6) is 11.5 Å².